The first-order chi connectivity index (χ1) is 9.56. The predicted octanol–water partition coefficient (Wildman–Crippen LogP) is 1.07. The zero-order valence-corrected chi connectivity index (χ0v) is 12.0. The SMILES string of the molecule is CCC(=O)c1ccc2c(c1)N(CC(O)CO)C(=O)CS2. The molecule has 6 heteroatoms. The van der Waals surface area contributed by atoms with Gasteiger partial charge in [-0.05, 0) is 12.1 Å². The first-order valence-electron chi connectivity index (χ1n) is 6.46. The molecule has 20 heavy (non-hydrogen) atoms. The molecule has 0 aliphatic carbocycles. The molecule has 0 spiro atoms. The molecule has 2 N–H and O–H groups in total. The van der Waals surface area contributed by atoms with E-state index in [-0.39, 0.29) is 18.2 Å². The van der Waals surface area contributed by atoms with Gasteiger partial charge in [-0.2, -0.15) is 0 Å². The molecule has 0 aromatic heterocycles. The Kier molecular flexibility index (Phi) is 4.80. The van der Waals surface area contributed by atoms with Crippen LogP contribution >= 0.6 is 11.8 Å². The van der Waals surface area contributed by atoms with E-state index < -0.39 is 12.7 Å². The maximum absolute atomic E-state index is 12.0. The fraction of sp³-hybridized carbons (Fsp3) is 0.429. The highest BCUT2D eigenvalue weighted by molar-refractivity contribution is 8.00. The van der Waals surface area contributed by atoms with E-state index in [2.05, 4.69) is 0 Å². The van der Waals surface area contributed by atoms with Crippen LogP contribution in [0.4, 0.5) is 5.69 Å². The van der Waals surface area contributed by atoms with Gasteiger partial charge in [-0.1, -0.05) is 13.0 Å². The number of carbonyl (C=O) groups is 2. The molecular weight excluding hydrogens is 278 g/mol. The highest BCUT2D eigenvalue weighted by Crippen LogP contribution is 2.36. The van der Waals surface area contributed by atoms with Crippen LogP contribution in [0.5, 0.6) is 0 Å². The minimum absolute atomic E-state index is 0.0125. The summed E-state index contributed by atoms with van der Waals surface area (Å²) in [6, 6.07) is 5.27. The van der Waals surface area contributed by atoms with Crippen LogP contribution in [0.3, 0.4) is 0 Å². The Bertz CT molecular complexity index is 532. The van der Waals surface area contributed by atoms with Crippen molar-refractivity contribution in [1.82, 2.24) is 0 Å². The molecule has 0 radical (unpaired) electrons. The van der Waals surface area contributed by atoms with Crippen LogP contribution in [0.1, 0.15) is 23.7 Å². The number of thioether (sulfide) groups is 1. The molecule has 0 fully saturated rings. The van der Waals surface area contributed by atoms with Crippen molar-refractivity contribution in [2.45, 2.75) is 24.3 Å². The maximum Gasteiger partial charge on any atom is 0.237 e. The van der Waals surface area contributed by atoms with Crippen molar-refractivity contribution in [2.75, 3.05) is 23.8 Å². The second-order valence-corrected chi connectivity index (χ2v) is 5.61. The normalized spacial score (nSPS) is 15.9. The van der Waals surface area contributed by atoms with Gasteiger partial charge in [0.15, 0.2) is 5.78 Å². The number of hydrogen-bond donors (Lipinski definition) is 2. The average molecular weight is 295 g/mol. The Balaban J connectivity index is 2.37. The van der Waals surface area contributed by atoms with Crippen molar-refractivity contribution in [3.8, 4) is 0 Å². The van der Waals surface area contributed by atoms with Gasteiger partial charge in [-0.25, -0.2) is 0 Å². The Morgan fingerprint density at radius 1 is 1.50 bits per heavy atom. The van der Waals surface area contributed by atoms with Gasteiger partial charge < -0.3 is 15.1 Å². The van der Waals surface area contributed by atoms with Crippen LogP contribution in [0.2, 0.25) is 0 Å². The number of rotatable bonds is 5. The van der Waals surface area contributed by atoms with E-state index in [1.165, 1.54) is 16.7 Å². The summed E-state index contributed by atoms with van der Waals surface area (Å²) in [6.07, 6.45) is -0.584. The smallest absolute Gasteiger partial charge is 0.237 e. The second kappa shape index (κ2) is 6.39. The molecule has 1 unspecified atom stereocenters. The Labute approximate surface area is 121 Å². The van der Waals surface area contributed by atoms with Gasteiger partial charge in [0, 0.05) is 16.9 Å². The van der Waals surface area contributed by atoms with Gasteiger partial charge in [-0.15, -0.1) is 11.8 Å². The average Bonchev–Trinajstić information content (AvgIpc) is 2.48. The molecule has 0 saturated carbocycles. The lowest BCUT2D eigenvalue weighted by Crippen LogP contribution is -2.42. The summed E-state index contributed by atoms with van der Waals surface area (Å²) in [5.74, 6) is 0.182. The monoisotopic (exact) mass is 295 g/mol. The minimum atomic E-state index is -0.986. The number of Topliss-reactive ketones (excluding diaryl/α,β-unsaturated/α-hetero) is 1. The van der Waals surface area contributed by atoms with Crippen molar-refractivity contribution in [3.63, 3.8) is 0 Å². The third-order valence-electron chi connectivity index (χ3n) is 3.15. The van der Waals surface area contributed by atoms with E-state index in [1.807, 2.05) is 6.07 Å². The lowest BCUT2D eigenvalue weighted by Gasteiger charge is -2.30. The lowest BCUT2D eigenvalue weighted by atomic mass is 10.1. The molecule has 0 bridgehead atoms. The number of ketones is 1. The summed E-state index contributed by atoms with van der Waals surface area (Å²) in [7, 11) is 0. The first-order valence-corrected chi connectivity index (χ1v) is 7.44. The van der Waals surface area contributed by atoms with Crippen LogP contribution in [0, 0.1) is 0 Å². The van der Waals surface area contributed by atoms with Crippen molar-refractivity contribution < 1.29 is 19.8 Å². The maximum atomic E-state index is 12.0. The molecule has 1 aromatic carbocycles. The molecule has 2 rings (SSSR count). The number of anilines is 1. The molecule has 1 amide bonds. The van der Waals surface area contributed by atoms with E-state index in [9.17, 15) is 14.7 Å². The minimum Gasteiger partial charge on any atom is -0.394 e. The number of amides is 1. The zero-order valence-electron chi connectivity index (χ0n) is 11.2. The predicted molar refractivity (Wildman–Crippen MR) is 77.2 cm³/mol. The number of benzene rings is 1. The summed E-state index contributed by atoms with van der Waals surface area (Å²) >= 11 is 1.42. The Morgan fingerprint density at radius 2 is 2.25 bits per heavy atom. The van der Waals surface area contributed by atoms with E-state index >= 15 is 0 Å². The standard InChI is InChI=1S/C14H17NO4S/c1-2-12(18)9-3-4-13-11(5-9)15(6-10(17)7-16)14(19)8-20-13/h3-5,10,16-17H,2,6-8H2,1H3. The summed E-state index contributed by atoms with van der Waals surface area (Å²) in [4.78, 5) is 26.1. The quantitative estimate of drug-likeness (QED) is 0.795. The molecule has 1 atom stereocenters. The fourth-order valence-corrected chi connectivity index (χ4v) is 2.96. The Morgan fingerprint density at radius 3 is 2.90 bits per heavy atom. The lowest BCUT2D eigenvalue weighted by molar-refractivity contribution is -0.116. The number of fused-ring (bicyclic) bond motifs is 1. The molecule has 1 aromatic rings. The van der Waals surface area contributed by atoms with Crippen LogP contribution in [0.15, 0.2) is 23.1 Å². The van der Waals surface area contributed by atoms with E-state index in [0.717, 1.165) is 4.90 Å². The second-order valence-electron chi connectivity index (χ2n) is 4.59. The van der Waals surface area contributed by atoms with Crippen molar-refractivity contribution in [2.24, 2.45) is 0 Å². The third-order valence-corrected chi connectivity index (χ3v) is 4.20. The summed E-state index contributed by atoms with van der Waals surface area (Å²) in [5, 5.41) is 18.5. The van der Waals surface area contributed by atoms with E-state index in [1.54, 1.807) is 19.1 Å². The number of nitrogens with zero attached hydrogens (tertiary/aromatic N) is 1. The van der Waals surface area contributed by atoms with E-state index in [4.69, 9.17) is 5.11 Å². The third kappa shape index (κ3) is 3.03. The van der Waals surface area contributed by atoms with Crippen LogP contribution in [-0.2, 0) is 4.79 Å². The highest BCUT2D eigenvalue weighted by Gasteiger charge is 2.27. The number of aliphatic hydroxyl groups is 2. The van der Waals surface area contributed by atoms with Gasteiger partial charge in [0.1, 0.15) is 0 Å². The molecule has 5 nitrogen and oxygen atoms in total. The van der Waals surface area contributed by atoms with Gasteiger partial charge in [0.25, 0.3) is 0 Å². The van der Waals surface area contributed by atoms with E-state index in [0.29, 0.717) is 23.4 Å². The summed E-state index contributed by atoms with van der Waals surface area (Å²) in [5.41, 5.74) is 1.20. The van der Waals surface area contributed by atoms with Gasteiger partial charge >= 0.3 is 0 Å². The topological polar surface area (TPSA) is 77.8 Å². The summed E-state index contributed by atoms with van der Waals surface area (Å²) < 4.78 is 0. The Hall–Kier alpha value is -1.37. The fourth-order valence-electron chi connectivity index (χ4n) is 2.05. The van der Waals surface area contributed by atoms with Crippen LogP contribution < -0.4 is 4.90 Å². The molecule has 0 saturated heterocycles. The molecular formula is C14H17NO4S. The molecule has 1 aliphatic rings. The molecule has 1 heterocycles. The molecule has 1 aliphatic heterocycles. The summed E-state index contributed by atoms with van der Waals surface area (Å²) in [6.45, 7) is 1.42. The first kappa shape index (κ1) is 15.0. The van der Waals surface area contributed by atoms with Crippen molar-refractivity contribution >= 4 is 29.1 Å². The van der Waals surface area contributed by atoms with Gasteiger partial charge in [0.05, 0.1) is 30.7 Å². The van der Waals surface area contributed by atoms with Gasteiger partial charge in [-0.3, -0.25) is 9.59 Å². The number of hydrogen-bond acceptors (Lipinski definition) is 5. The number of aliphatic hydroxyl groups excluding tert-OH is 2. The van der Waals surface area contributed by atoms with Crippen LogP contribution in [0.25, 0.3) is 0 Å². The van der Waals surface area contributed by atoms with Crippen LogP contribution in [-0.4, -0.2) is 46.9 Å². The number of β-amino-alcohol motifs (C(OH)–C–C–N with tert-alkyl or cyclic N) is 1. The van der Waals surface area contributed by atoms with Crippen molar-refractivity contribution in [3.05, 3.63) is 23.8 Å². The van der Waals surface area contributed by atoms with Gasteiger partial charge in [0.2, 0.25) is 5.91 Å². The largest absolute Gasteiger partial charge is 0.394 e. The molecule has 108 valence electrons. The highest BCUT2D eigenvalue weighted by atomic mass is 32.2. The van der Waals surface area contributed by atoms with Crippen molar-refractivity contribution in [1.29, 1.82) is 0 Å². The zero-order chi connectivity index (χ0) is 14.7. The number of carbonyl (C=O) groups excluding carboxylic acids is 2.